The Labute approximate surface area is 182 Å². The fourth-order valence-electron chi connectivity index (χ4n) is 3.85. The smallest absolute Gasteiger partial charge is 0.341 e. The molecule has 1 aliphatic rings. The largest absolute Gasteiger partial charge is 0.431 e. The number of hydrogen-bond acceptors (Lipinski definition) is 2. The molecule has 1 amide bonds. The Bertz CT molecular complexity index is 1200. The molecule has 2 aromatic carbocycles. The second-order valence-electron chi connectivity index (χ2n) is 7.67. The third kappa shape index (κ3) is 4.66. The van der Waals surface area contributed by atoms with Crippen molar-refractivity contribution in [2.24, 2.45) is 0 Å². The number of amides is 1. The molecule has 4 rings (SSSR count). The molecular weight excluding hydrogens is 417 g/mol. The van der Waals surface area contributed by atoms with Crippen molar-refractivity contribution in [2.45, 2.75) is 31.5 Å². The van der Waals surface area contributed by atoms with Crippen LogP contribution in [0.25, 0.3) is 5.57 Å². The van der Waals surface area contributed by atoms with Crippen LogP contribution in [0.1, 0.15) is 58.0 Å². The number of nitrogens with one attached hydrogen (secondary N) is 2. The van der Waals surface area contributed by atoms with Crippen LogP contribution in [-0.4, -0.2) is 10.9 Å². The molecule has 164 valence electrons. The fourth-order valence-corrected chi connectivity index (χ4v) is 3.85. The van der Waals surface area contributed by atoms with Crippen molar-refractivity contribution in [3.63, 3.8) is 0 Å². The molecule has 0 bridgehead atoms. The van der Waals surface area contributed by atoms with E-state index in [2.05, 4.69) is 11.4 Å². The van der Waals surface area contributed by atoms with Crippen LogP contribution in [0.2, 0.25) is 0 Å². The van der Waals surface area contributed by atoms with Gasteiger partial charge in [0.25, 0.3) is 11.5 Å². The number of hydrogen-bond donors (Lipinski definition) is 2. The van der Waals surface area contributed by atoms with E-state index in [0.717, 1.165) is 42.0 Å². The Morgan fingerprint density at radius 3 is 2.22 bits per heavy atom. The lowest BCUT2D eigenvalue weighted by Gasteiger charge is -2.20. The summed E-state index contributed by atoms with van der Waals surface area (Å²) < 4.78 is 38.5. The molecule has 1 aromatic heterocycles. The monoisotopic (exact) mass is 438 g/mol. The average Bonchev–Trinajstić information content (AvgIpc) is 3.32. The summed E-state index contributed by atoms with van der Waals surface area (Å²) in [6, 6.07) is 18.0. The summed E-state index contributed by atoms with van der Waals surface area (Å²) in [5.41, 5.74) is 1.35. The minimum Gasteiger partial charge on any atom is -0.341 e. The summed E-state index contributed by atoms with van der Waals surface area (Å²) in [5, 5.41) is 2.80. The zero-order valence-corrected chi connectivity index (χ0v) is 17.1. The molecule has 32 heavy (non-hydrogen) atoms. The van der Waals surface area contributed by atoms with Crippen molar-refractivity contribution in [3.8, 4) is 0 Å². The summed E-state index contributed by atoms with van der Waals surface area (Å²) in [6.45, 7) is 0. The maximum atomic E-state index is 12.8. The highest BCUT2D eigenvalue weighted by Crippen LogP contribution is 2.30. The lowest BCUT2D eigenvalue weighted by molar-refractivity contribution is -0.141. The number of allylic oxidation sites excluding steroid dienone is 2. The van der Waals surface area contributed by atoms with Gasteiger partial charge in [-0.25, -0.2) is 0 Å². The highest BCUT2D eigenvalue weighted by atomic mass is 19.4. The third-order valence-corrected chi connectivity index (χ3v) is 5.52. The van der Waals surface area contributed by atoms with E-state index in [1.54, 1.807) is 4.98 Å². The lowest BCUT2D eigenvalue weighted by Crippen LogP contribution is -2.34. The van der Waals surface area contributed by atoms with Crippen molar-refractivity contribution in [1.29, 1.82) is 0 Å². The van der Waals surface area contributed by atoms with Gasteiger partial charge >= 0.3 is 6.18 Å². The number of pyridine rings is 1. The molecule has 2 N–H and O–H groups in total. The molecule has 1 heterocycles. The van der Waals surface area contributed by atoms with Crippen LogP contribution in [0.15, 0.2) is 77.6 Å². The number of alkyl halides is 3. The van der Waals surface area contributed by atoms with Crippen molar-refractivity contribution >= 4 is 11.5 Å². The van der Waals surface area contributed by atoms with E-state index in [9.17, 15) is 22.8 Å². The molecule has 0 saturated heterocycles. The van der Waals surface area contributed by atoms with Crippen molar-refractivity contribution in [2.75, 3.05) is 0 Å². The molecule has 7 heteroatoms. The van der Waals surface area contributed by atoms with Crippen molar-refractivity contribution in [3.05, 3.63) is 111 Å². The first kappa shape index (κ1) is 21.6. The fraction of sp³-hybridized carbons (Fsp3) is 0.200. The van der Waals surface area contributed by atoms with Gasteiger partial charge in [0.1, 0.15) is 11.3 Å². The van der Waals surface area contributed by atoms with Crippen LogP contribution in [0.3, 0.4) is 0 Å². The molecule has 1 aliphatic carbocycles. The first-order valence-corrected chi connectivity index (χ1v) is 10.3. The quantitative estimate of drug-likeness (QED) is 0.554. The van der Waals surface area contributed by atoms with E-state index in [1.165, 1.54) is 5.57 Å². The summed E-state index contributed by atoms with van der Waals surface area (Å²) in [6.07, 6.45) is 0.775. The van der Waals surface area contributed by atoms with Crippen molar-refractivity contribution < 1.29 is 18.0 Å². The lowest BCUT2D eigenvalue weighted by atomic mass is 9.95. The highest BCUT2D eigenvalue weighted by Gasteiger charge is 2.32. The third-order valence-electron chi connectivity index (χ3n) is 5.52. The zero-order chi connectivity index (χ0) is 22.7. The van der Waals surface area contributed by atoms with Gasteiger partial charge in [0.15, 0.2) is 0 Å². The molecular formula is C25H21F3N2O2. The number of carbonyl (C=O) groups is 1. The molecule has 3 aromatic rings. The van der Waals surface area contributed by atoms with Crippen LogP contribution < -0.4 is 10.9 Å². The Balaban J connectivity index is 1.63. The Hall–Kier alpha value is -3.61. The first-order chi connectivity index (χ1) is 15.3. The van der Waals surface area contributed by atoms with Gasteiger partial charge in [0.05, 0.1) is 6.04 Å². The van der Waals surface area contributed by atoms with Gasteiger partial charge in [0.2, 0.25) is 0 Å². The Kier molecular flexibility index (Phi) is 5.99. The van der Waals surface area contributed by atoms with Gasteiger partial charge in [0, 0.05) is 0 Å². The minimum absolute atomic E-state index is 0.383. The van der Waals surface area contributed by atoms with E-state index in [-0.39, 0.29) is 5.56 Å². The van der Waals surface area contributed by atoms with Gasteiger partial charge in [-0.2, -0.15) is 13.2 Å². The van der Waals surface area contributed by atoms with Crippen LogP contribution in [-0.2, 0) is 6.18 Å². The van der Waals surface area contributed by atoms with E-state index in [0.29, 0.717) is 6.07 Å². The number of aromatic nitrogens is 1. The minimum atomic E-state index is -4.70. The van der Waals surface area contributed by atoms with Crippen LogP contribution in [0.5, 0.6) is 0 Å². The van der Waals surface area contributed by atoms with E-state index in [4.69, 9.17) is 0 Å². The van der Waals surface area contributed by atoms with Gasteiger partial charge in [-0.3, -0.25) is 9.59 Å². The van der Waals surface area contributed by atoms with Gasteiger partial charge in [-0.15, -0.1) is 0 Å². The van der Waals surface area contributed by atoms with Gasteiger partial charge in [-0.1, -0.05) is 60.7 Å². The zero-order valence-electron chi connectivity index (χ0n) is 17.1. The molecule has 4 nitrogen and oxygen atoms in total. The SMILES string of the molecule is O=C(NC(c1ccccc1)c1ccc(C2=CCCC2)cc1)c1ccc(C(F)(F)F)[nH]c1=O. The summed E-state index contributed by atoms with van der Waals surface area (Å²) in [4.78, 5) is 26.7. The Morgan fingerprint density at radius 2 is 1.62 bits per heavy atom. The van der Waals surface area contributed by atoms with Gasteiger partial charge in [-0.05, 0) is 53.7 Å². The standard InChI is InChI=1S/C25H21F3N2O2/c26-25(27,28)21-15-14-20(23(31)29-21)24(32)30-22(18-8-2-1-3-9-18)19-12-10-17(11-13-19)16-6-4-5-7-16/h1-3,6,8-15,22H,4-5,7H2,(H,29,31)(H,30,32). The first-order valence-electron chi connectivity index (χ1n) is 10.3. The topological polar surface area (TPSA) is 62.0 Å². The molecule has 0 aliphatic heterocycles. The molecule has 0 radical (unpaired) electrons. The summed E-state index contributed by atoms with van der Waals surface area (Å²) >= 11 is 0. The van der Waals surface area contributed by atoms with E-state index in [1.807, 2.05) is 54.6 Å². The second-order valence-corrected chi connectivity index (χ2v) is 7.67. The number of halogens is 3. The molecule has 0 fully saturated rings. The number of carbonyl (C=O) groups excluding carboxylic acids is 1. The number of rotatable bonds is 5. The molecule has 0 spiro atoms. The Morgan fingerprint density at radius 1 is 0.938 bits per heavy atom. The van der Waals surface area contributed by atoms with Gasteiger partial charge < -0.3 is 10.3 Å². The molecule has 1 atom stereocenters. The maximum Gasteiger partial charge on any atom is 0.431 e. The normalized spacial score (nSPS) is 14.7. The van der Waals surface area contributed by atoms with Crippen molar-refractivity contribution in [1.82, 2.24) is 10.3 Å². The maximum absolute atomic E-state index is 12.8. The number of aromatic amines is 1. The van der Waals surface area contributed by atoms with E-state index >= 15 is 0 Å². The van der Waals surface area contributed by atoms with E-state index < -0.39 is 29.4 Å². The molecule has 0 saturated carbocycles. The average molecular weight is 438 g/mol. The van der Waals surface area contributed by atoms with Crippen LogP contribution >= 0.6 is 0 Å². The van der Waals surface area contributed by atoms with Crippen LogP contribution in [0.4, 0.5) is 13.2 Å². The van der Waals surface area contributed by atoms with Crippen LogP contribution in [0, 0.1) is 0 Å². The number of H-pyrrole nitrogens is 1. The summed E-state index contributed by atoms with van der Waals surface area (Å²) in [5.74, 6) is -0.753. The molecule has 1 unspecified atom stereocenters. The predicted octanol–water partition coefficient (Wildman–Crippen LogP) is 5.48. The predicted molar refractivity (Wildman–Crippen MR) is 116 cm³/mol. The highest BCUT2D eigenvalue weighted by molar-refractivity contribution is 5.94. The second kappa shape index (κ2) is 8.86. The summed E-state index contributed by atoms with van der Waals surface area (Å²) in [7, 11) is 0. The number of benzene rings is 2.